The molecular weight excluding hydrogens is 356 g/mol. The van der Waals surface area contributed by atoms with Gasteiger partial charge in [-0.3, -0.25) is 4.79 Å². The molecule has 0 bridgehead atoms. The molecule has 2 aliphatic carbocycles. The maximum absolute atomic E-state index is 13.6. The fraction of sp³-hybridized carbons (Fsp3) is 0.444. The zero-order chi connectivity index (χ0) is 18.7. The van der Waals surface area contributed by atoms with Gasteiger partial charge in [-0.2, -0.15) is 0 Å². The van der Waals surface area contributed by atoms with E-state index in [4.69, 9.17) is 10.3 Å². The van der Waals surface area contributed by atoms with Crippen LogP contribution in [0.3, 0.4) is 0 Å². The zero-order valence-electron chi connectivity index (χ0n) is 14.4. The van der Waals surface area contributed by atoms with Gasteiger partial charge in [0, 0.05) is 23.6 Å². The van der Waals surface area contributed by atoms with Crippen molar-refractivity contribution < 1.29 is 18.1 Å². The van der Waals surface area contributed by atoms with Crippen LogP contribution in [-0.4, -0.2) is 38.8 Å². The minimum atomic E-state index is -1.04. The summed E-state index contributed by atoms with van der Waals surface area (Å²) in [5, 5.41) is 4.64. The quantitative estimate of drug-likeness (QED) is 0.754. The van der Waals surface area contributed by atoms with Gasteiger partial charge in [0.15, 0.2) is 11.5 Å². The minimum absolute atomic E-state index is 0.0727. The summed E-state index contributed by atoms with van der Waals surface area (Å²) >= 11 is 0. The van der Waals surface area contributed by atoms with E-state index in [9.17, 15) is 13.6 Å². The molecule has 0 atom stereocenters. The second-order valence-electron chi connectivity index (χ2n) is 7.08. The molecule has 3 aromatic heterocycles. The second-order valence-corrected chi connectivity index (χ2v) is 7.08. The molecule has 5 rings (SSSR count). The van der Waals surface area contributed by atoms with Gasteiger partial charge in [0.25, 0.3) is 0 Å². The highest BCUT2D eigenvalue weighted by Gasteiger charge is 2.39. The summed E-state index contributed by atoms with van der Waals surface area (Å²) in [6.45, 7) is -1.80. The summed E-state index contributed by atoms with van der Waals surface area (Å²) in [4.78, 5) is 21.1. The molecule has 9 heteroatoms. The van der Waals surface area contributed by atoms with Gasteiger partial charge < -0.3 is 14.8 Å². The van der Waals surface area contributed by atoms with Crippen molar-refractivity contribution in [2.45, 2.75) is 37.6 Å². The van der Waals surface area contributed by atoms with Crippen LogP contribution in [0.5, 0.6) is 0 Å². The number of nitrogens with zero attached hydrogens (tertiary/aromatic N) is 4. The number of halogens is 2. The van der Waals surface area contributed by atoms with Gasteiger partial charge in [-0.25, -0.2) is 18.7 Å². The lowest BCUT2D eigenvalue weighted by Crippen LogP contribution is -2.17. The highest BCUT2D eigenvalue weighted by Crippen LogP contribution is 2.48. The van der Waals surface area contributed by atoms with Crippen molar-refractivity contribution in [2.75, 3.05) is 19.1 Å². The first-order valence-corrected chi connectivity index (χ1v) is 8.94. The van der Waals surface area contributed by atoms with E-state index in [0.717, 1.165) is 12.8 Å². The van der Waals surface area contributed by atoms with Crippen LogP contribution in [0.15, 0.2) is 10.9 Å². The highest BCUT2D eigenvalue weighted by molar-refractivity contribution is 6.10. The number of carbonyl (C=O) groups excluding carboxylic acids is 1. The summed E-state index contributed by atoms with van der Waals surface area (Å²) < 4.78 is 34.2. The number of alkyl halides is 2. The number of nitrogen functional groups attached to an aromatic ring is 1. The third-order valence-electron chi connectivity index (χ3n) is 5.41. The number of nitrogens with two attached hydrogens (primary N) is 1. The smallest absolute Gasteiger partial charge is 0.169 e. The third kappa shape index (κ3) is 2.23. The Kier molecular flexibility index (Phi) is 3.53. The molecule has 140 valence electrons. The van der Waals surface area contributed by atoms with E-state index in [1.54, 1.807) is 0 Å². The maximum atomic E-state index is 13.6. The Hall–Kier alpha value is -2.84. The van der Waals surface area contributed by atoms with Crippen molar-refractivity contribution in [3.63, 3.8) is 0 Å². The molecule has 3 heterocycles. The molecule has 0 aromatic carbocycles. The molecule has 0 saturated heterocycles. The van der Waals surface area contributed by atoms with Gasteiger partial charge in [-0.1, -0.05) is 5.16 Å². The predicted octanol–water partition coefficient (Wildman–Crippen LogP) is 3.15. The Morgan fingerprint density at radius 3 is 2.70 bits per heavy atom. The van der Waals surface area contributed by atoms with Crippen LogP contribution in [0.1, 0.15) is 53.0 Å². The van der Waals surface area contributed by atoms with Gasteiger partial charge in [0.1, 0.15) is 36.8 Å². The molecule has 7 nitrogen and oxygen atoms in total. The lowest BCUT2D eigenvalue weighted by Gasteiger charge is -2.16. The Morgan fingerprint density at radius 2 is 2.00 bits per heavy atom. The number of Topliss-reactive ketones (excluding diaryl/α,β-unsaturated/α-hetero) is 1. The number of anilines is 1. The molecule has 2 aliphatic rings. The van der Waals surface area contributed by atoms with Crippen molar-refractivity contribution in [3.05, 3.63) is 23.3 Å². The summed E-state index contributed by atoms with van der Waals surface area (Å²) in [7, 11) is 0. The van der Waals surface area contributed by atoms with Gasteiger partial charge in [0.2, 0.25) is 0 Å². The number of carbonyl (C=O) groups is 1. The molecule has 0 unspecified atom stereocenters. The van der Waals surface area contributed by atoms with E-state index < -0.39 is 19.4 Å². The molecule has 1 saturated carbocycles. The van der Waals surface area contributed by atoms with Crippen LogP contribution in [-0.2, 0) is 6.42 Å². The molecule has 0 radical (unpaired) electrons. The van der Waals surface area contributed by atoms with Crippen LogP contribution >= 0.6 is 0 Å². The molecule has 0 amide bonds. The first-order chi connectivity index (χ1) is 13.2. The van der Waals surface area contributed by atoms with Crippen molar-refractivity contribution in [2.24, 2.45) is 0 Å². The van der Waals surface area contributed by atoms with E-state index in [0.29, 0.717) is 45.7 Å². The molecule has 1 fully saturated rings. The van der Waals surface area contributed by atoms with Crippen LogP contribution in [0.25, 0.3) is 22.3 Å². The molecule has 27 heavy (non-hydrogen) atoms. The normalized spacial score (nSPS) is 16.6. The lowest BCUT2D eigenvalue weighted by molar-refractivity contribution is 0.0981. The minimum Gasteiger partial charge on any atom is -0.383 e. The van der Waals surface area contributed by atoms with E-state index in [2.05, 4.69) is 15.1 Å². The van der Waals surface area contributed by atoms with Gasteiger partial charge >= 0.3 is 0 Å². The zero-order valence-corrected chi connectivity index (χ0v) is 14.4. The molecule has 0 spiro atoms. The average Bonchev–Trinajstić information content (AvgIpc) is 3.36. The van der Waals surface area contributed by atoms with Crippen molar-refractivity contribution in [1.29, 1.82) is 0 Å². The van der Waals surface area contributed by atoms with E-state index in [1.165, 1.54) is 10.9 Å². The lowest BCUT2D eigenvalue weighted by atomic mass is 10.0. The molecule has 3 aromatic rings. The number of ketones is 1. The third-order valence-corrected chi connectivity index (χ3v) is 5.41. The summed E-state index contributed by atoms with van der Waals surface area (Å²) in [6, 6.07) is -1.04. The van der Waals surface area contributed by atoms with Crippen LogP contribution in [0.2, 0.25) is 0 Å². The summed E-state index contributed by atoms with van der Waals surface area (Å²) in [6.07, 6.45) is 3.71. The Morgan fingerprint density at radius 1 is 1.22 bits per heavy atom. The second kappa shape index (κ2) is 5.83. The van der Waals surface area contributed by atoms with Crippen molar-refractivity contribution in [1.82, 2.24) is 19.7 Å². The van der Waals surface area contributed by atoms with Crippen molar-refractivity contribution >= 4 is 22.6 Å². The predicted molar refractivity (Wildman–Crippen MR) is 93.1 cm³/mol. The van der Waals surface area contributed by atoms with E-state index >= 15 is 0 Å². The van der Waals surface area contributed by atoms with Crippen LogP contribution < -0.4 is 5.73 Å². The van der Waals surface area contributed by atoms with E-state index in [1.807, 2.05) is 0 Å². The van der Waals surface area contributed by atoms with E-state index in [-0.39, 0.29) is 23.9 Å². The Bertz CT molecular complexity index is 1070. The molecule has 2 N–H and O–H groups in total. The summed E-state index contributed by atoms with van der Waals surface area (Å²) in [5.41, 5.74) is 8.47. The molecule has 0 aliphatic heterocycles. The molecular formula is C18H17F2N5O2. The Balaban J connectivity index is 1.88. The maximum Gasteiger partial charge on any atom is 0.169 e. The topological polar surface area (TPSA) is 99.8 Å². The van der Waals surface area contributed by atoms with Gasteiger partial charge in [0.05, 0.1) is 17.0 Å². The van der Waals surface area contributed by atoms with Gasteiger partial charge in [-0.15, -0.1) is 0 Å². The van der Waals surface area contributed by atoms with Crippen LogP contribution in [0.4, 0.5) is 14.6 Å². The number of hydrogen-bond donors (Lipinski definition) is 1. The van der Waals surface area contributed by atoms with Crippen LogP contribution in [0, 0.1) is 0 Å². The Labute approximate surface area is 152 Å². The highest BCUT2D eigenvalue weighted by atomic mass is 19.1. The summed E-state index contributed by atoms with van der Waals surface area (Å²) in [5.74, 6) is 0.920. The number of aromatic nitrogens is 4. The number of fused-ring (bicyclic) bond motifs is 5. The van der Waals surface area contributed by atoms with Gasteiger partial charge in [-0.05, 0) is 19.3 Å². The standard InChI is InChI=1S/C18H17F2N5O2/c19-5-9(6-20)25-10-3-4-11(26)13-15(24-27-16(13)8-1-2-8)12(10)14-17(21)22-7-23-18(14)25/h7-9H,1-6H2,(H2,21,22,23). The average molecular weight is 373 g/mol. The number of rotatable bonds is 4. The fourth-order valence-corrected chi connectivity index (χ4v) is 4.00. The SMILES string of the molecule is Nc1ncnc2c1c1c(n2C(CF)CF)CCC(=O)c2c-1noc2C1CC1. The number of hydrogen-bond acceptors (Lipinski definition) is 6. The first-order valence-electron chi connectivity index (χ1n) is 8.94. The fourth-order valence-electron chi connectivity index (χ4n) is 4.00. The van der Waals surface area contributed by atoms with Crippen molar-refractivity contribution in [3.8, 4) is 11.3 Å². The first kappa shape index (κ1) is 16.3. The largest absolute Gasteiger partial charge is 0.383 e. The monoisotopic (exact) mass is 373 g/mol.